The monoisotopic (exact) mass is 164 g/mol. The van der Waals surface area contributed by atoms with Gasteiger partial charge in [0, 0.05) is 22.0 Å². The van der Waals surface area contributed by atoms with Crippen LogP contribution in [0.2, 0.25) is 0 Å². The van der Waals surface area contributed by atoms with Gasteiger partial charge in [-0.1, -0.05) is 0 Å². The minimum atomic E-state index is 1.09. The van der Waals surface area contributed by atoms with Crippen LogP contribution in [-0.2, 0) is 0 Å². The molecule has 3 heteroatoms. The maximum atomic E-state index is 5.42. The normalized spacial score (nSPS) is 10.6. The fourth-order valence-corrected chi connectivity index (χ4v) is 1.45. The Balaban J connectivity index is 2.67. The van der Waals surface area contributed by atoms with Crippen molar-refractivity contribution in [3.63, 3.8) is 0 Å². The van der Waals surface area contributed by atoms with Gasteiger partial charge in [0.15, 0.2) is 0 Å². The van der Waals surface area contributed by atoms with E-state index in [0.717, 1.165) is 10.4 Å². The van der Waals surface area contributed by atoms with Crippen molar-refractivity contribution in [2.24, 2.45) is 5.14 Å². The number of nitrogens with two attached hydrogens (primary N) is 1. The predicted octanol–water partition coefficient (Wildman–Crippen LogP) is 2.13. The van der Waals surface area contributed by atoms with Gasteiger partial charge in [-0.3, -0.25) is 5.14 Å². The fraction of sp³-hybridized carbons (Fsp3) is 0. The smallest absolute Gasteiger partial charge is 0.0454 e. The first-order chi connectivity index (χ1) is 5.40. The van der Waals surface area contributed by atoms with Crippen molar-refractivity contribution in [1.82, 2.24) is 4.98 Å². The Morgan fingerprint density at radius 3 is 3.00 bits per heavy atom. The Morgan fingerprint density at radius 2 is 2.18 bits per heavy atom. The molecule has 0 amide bonds. The molecule has 2 rings (SSSR count). The lowest BCUT2D eigenvalue weighted by molar-refractivity contribution is 1.45. The molecule has 0 fully saturated rings. The molecule has 2 aromatic rings. The maximum Gasteiger partial charge on any atom is 0.0454 e. The van der Waals surface area contributed by atoms with Crippen LogP contribution in [0, 0.1) is 0 Å². The Labute approximate surface area is 68.9 Å². The summed E-state index contributed by atoms with van der Waals surface area (Å²) >= 11 is 1.27. The summed E-state index contributed by atoms with van der Waals surface area (Å²) in [5.74, 6) is 0. The number of H-pyrrole nitrogens is 1. The first-order valence-electron chi connectivity index (χ1n) is 3.34. The average molecular weight is 164 g/mol. The van der Waals surface area contributed by atoms with Crippen molar-refractivity contribution in [1.29, 1.82) is 0 Å². The topological polar surface area (TPSA) is 41.8 Å². The van der Waals surface area contributed by atoms with Crippen LogP contribution in [0.3, 0.4) is 0 Å². The summed E-state index contributed by atoms with van der Waals surface area (Å²) in [5, 5.41) is 6.62. The van der Waals surface area contributed by atoms with Crippen LogP contribution in [0.15, 0.2) is 35.4 Å². The SMILES string of the molecule is NSc1ccc2[nH]ccc2c1. The van der Waals surface area contributed by atoms with Gasteiger partial charge in [0.2, 0.25) is 0 Å². The van der Waals surface area contributed by atoms with Crippen molar-refractivity contribution in [3.05, 3.63) is 30.5 Å². The van der Waals surface area contributed by atoms with Gasteiger partial charge < -0.3 is 4.98 Å². The number of hydrogen-bond donors (Lipinski definition) is 2. The lowest BCUT2D eigenvalue weighted by atomic mass is 10.2. The summed E-state index contributed by atoms with van der Waals surface area (Å²) in [7, 11) is 0. The molecule has 0 aliphatic rings. The van der Waals surface area contributed by atoms with Crippen LogP contribution >= 0.6 is 11.9 Å². The summed E-state index contributed by atoms with van der Waals surface area (Å²) in [5.41, 5.74) is 1.16. The second-order valence-corrected chi connectivity index (χ2v) is 3.05. The maximum absolute atomic E-state index is 5.42. The number of aromatic amines is 1. The van der Waals surface area contributed by atoms with E-state index >= 15 is 0 Å². The van der Waals surface area contributed by atoms with E-state index in [1.54, 1.807) is 0 Å². The van der Waals surface area contributed by atoms with E-state index in [9.17, 15) is 0 Å². The largest absolute Gasteiger partial charge is 0.361 e. The van der Waals surface area contributed by atoms with Crippen molar-refractivity contribution < 1.29 is 0 Å². The highest BCUT2D eigenvalue weighted by molar-refractivity contribution is 7.97. The van der Waals surface area contributed by atoms with Gasteiger partial charge in [-0.25, -0.2) is 0 Å². The Hall–Kier alpha value is -0.930. The van der Waals surface area contributed by atoms with E-state index < -0.39 is 0 Å². The lowest BCUT2D eigenvalue weighted by Gasteiger charge is -1.94. The van der Waals surface area contributed by atoms with E-state index in [1.165, 1.54) is 17.3 Å². The molecule has 0 aliphatic carbocycles. The van der Waals surface area contributed by atoms with E-state index in [1.807, 2.05) is 24.4 Å². The van der Waals surface area contributed by atoms with Crippen molar-refractivity contribution >= 4 is 22.9 Å². The molecule has 0 aliphatic heterocycles. The lowest BCUT2D eigenvalue weighted by Crippen LogP contribution is -1.77. The molecule has 0 atom stereocenters. The number of hydrogen-bond acceptors (Lipinski definition) is 2. The van der Waals surface area contributed by atoms with Crippen LogP contribution in [0.25, 0.3) is 10.9 Å². The van der Waals surface area contributed by atoms with E-state index in [2.05, 4.69) is 11.1 Å². The zero-order valence-electron chi connectivity index (χ0n) is 5.87. The van der Waals surface area contributed by atoms with Crippen molar-refractivity contribution in [3.8, 4) is 0 Å². The molecule has 0 bridgehead atoms. The van der Waals surface area contributed by atoms with Gasteiger partial charge in [0.05, 0.1) is 0 Å². The third-order valence-electron chi connectivity index (χ3n) is 1.66. The zero-order valence-corrected chi connectivity index (χ0v) is 6.69. The molecule has 0 unspecified atom stereocenters. The minimum absolute atomic E-state index is 1.09. The Morgan fingerprint density at radius 1 is 1.27 bits per heavy atom. The van der Waals surface area contributed by atoms with Crippen LogP contribution in [-0.4, -0.2) is 4.98 Å². The molecule has 11 heavy (non-hydrogen) atoms. The number of nitrogens with one attached hydrogen (secondary N) is 1. The number of aromatic nitrogens is 1. The quantitative estimate of drug-likeness (QED) is 0.634. The standard InChI is InChI=1S/C8H8N2S/c9-11-7-1-2-8-6(5-7)3-4-10-8/h1-5,10H,9H2. The van der Waals surface area contributed by atoms with Gasteiger partial charge in [-0.15, -0.1) is 0 Å². The van der Waals surface area contributed by atoms with E-state index in [4.69, 9.17) is 5.14 Å². The molecule has 3 N–H and O–H groups in total. The molecule has 1 aromatic heterocycles. The van der Waals surface area contributed by atoms with Crippen LogP contribution in [0.1, 0.15) is 0 Å². The van der Waals surface area contributed by atoms with Crippen molar-refractivity contribution in [2.75, 3.05) is 0 Å². The minimum Gasteiger partial charge on any atom is -0.361 e. The number of rotatable bonds is 1. The molecule has 0 spiro atoms. The zero-order chi connectivity index (χ0) is 7.68. The highest BCUT2D eigenvalue weighted by atomic mass is 32.2. The molecule has 1 aromatic carbocycles. The van der Waals surface area contributed by atoms with Gasteiger partial charge in [-0.2, -0.15) is 0 Å². The van der Waals surface area contributed by atoms with E-state index in [-0.39, 0.29) is 0 Å². The average Bonchev–Trinajstić information content (AvgIpc) is 2.50. The first kappa shape index (κ1) is 6.76. The third-order valence-corrected chi connectivity index (χ3v) is 2.19. The summed E-state index contributed by atoms with van der Waals surface area (Å²) in [6.45, 7) is 0. The summed E-state index contributed by atoms with van der Waals surface area (Å²) in [6.07, 6.45) is 1.93. The number of benzene rings is 1. The molecular weight excluding hydrogens is 156 g/mol. The number of fused-ring (bicyclic) bond motifs is 1. The molecular formula is C8H8N2S. The third kappa shape index (κ3) is 1.13. The summed E-state index contributed by atoms with van der Waals surface area (Å²) in [4.78, 5) is 4.22. The molecule has 0 saturated carbocycles. The first-order valence-corrected chi connectivity index (χ1v) is 4.22. The van der Waals surface area contributed by atoms with Gasteiger partial charge >= 0.3 is 0 Å². The summed E-state index contributed by atoms with van der Waals surface area (Å²) in [6, 6.07) is 8.14. The molecule has 56 valence electrons. The van der Waals surface area contributed by atoms with E-state index in [0.29, 0.717) is 0 Å². The van der Waals surface area contributed by atoms with Crippen LogP contribution in [0.4, 0.5) is 0 Å². The fourth-order valence-electron chi connectivity index (χ4n) is 1.10. The predicted molar refractivity (Wildman–Crippen MR) is 48.3 cm³/mol. The van der Waals surface area contributed by atoms with Crippen LogP contribution < -0.4 is 5.14 Å². The second-order valence-electron chi connectivity index (χ2n) is 2.34. The molecule has 0 radical (unpaired) electrons. The van der Waals surface area contributed by atoms with Crippen LogP contribution in [0.5, 0.6) is 0 Å². The van der Waals surface area contributed by atoms with Crippen molar-refractivity contribution in [2.45, 2.75) is 4.90 Å². The summed E-state index contributed by atoms with van der Waals surface area (Å²) < 4.78 is 0. The molecule has 2 nitrogen and oxygen atoms in total. The Bertz CT molecular complexity index is 367. The second kappa shape index (κ2) is 2.60. The molecule has 1 heterocycles. The highest BCUT2D eigenvalue weighted by Crippen LogP contribution is 2.18. The van der Waals surface area contributed by atoms with Gasteiger partial charge in [0.1, 0.15) is 0 Å². The Kier molecular flexibility index (Phi) is 1.60. The van der Waals surface area contributed by atoms with Gasteiger partial charge in [0.25, 0.3) is 0 Å². The highest BCUT2D eigenvalue weighted by Gasteiger charge is 1.94. The molecule has 0 saturated heterocycles. The van der Waals surface area contributed by atoms with Gasteiger partial charge in [-0.05, 0) is 36.2 Å².